The Morgan fingerprint density at radius 3 is 2.00 bits per heavy atom. The van der Waals surface area contributed by atoms with E-state index in [1.54, 1.807) is 0 Å². The van der Waals surface area contributed by atoms with Crippen LogP contribution in [-0.4, -0.2) is 19.5 Å². The molecular weight excluding hydrogens is 226 g/mol. The van der Waals surface area contributed by atoms with Crippen LogP contribution in [0.3, 0.4) is 0 Å². The second-order valence-electron chi connectivity index (χ2n) is 4.65. The lowest BCUT2D eigenvalue weighted by Crippen LogP contribution is -2.23. The molecule has 0 saturated heterocycles. The molecule has 0 aromatic heterocycles. The average Bonchev–Trinajstić information content (AvgIpc) is 2.13. The van der Waals surface area contributed by atoms with Crippen LogP contribution in [0.25, 0.3) is 0 Å². The molecule has 0 aliphatic rings. The Hall–Kier alpha value is -0.130. The van der Waals surface area contributed by atoms with Crippen LogP contribution in [0.4, 0.5) is 0 Å². The number of hydrogen-bond acceptors (Lipinski definition) is 3. The highest BCUT2D eigenvalue weighted by Gasteiger charge is 1.96. The second kappa shape index (κ2) is 8.96. The van der Waals surface area contributed by atoms with Gasteiger partial charge in [0, 0.05) is 6.54 Å². The van der Waals surface area contributed by atoms with Crippen LogP contribution in [0.5, 0.6) is 0 Å². The minimum absolute atomic E-state index is 0.276. The summed E-state index contributed by atoms with van der Waals surface area (Å²) < 4.78 is 32.6. The predicted molar refractivity (Wildman–Crippen MR) is 64.9 cm³/mol. The van der Waals surface area contributed by atoms with Crippen molar-refractivity contribution in [2.75, 3.05) is 6.54 Å². The normalized spacial score (nSPS) is 12.2. The molecule has 0 atom stereocenters. The van der Waals surface area contributed by atoms with E-state index >= 15 is 0 Å². The van der Waals surface area contributed by atoms with Gasteiger partial charge in [0.15, 0.2) is 10.3 Å². The fourth-order valence-corrected chi connectivity index (χ4v) is 1.98. The Morgan fingerprint density at radius 1 is 1.00 bits per heavy atom. The number of rotatable bonds is 10. The number of nitrogens with one attached hydrogen (secondary N) is 1. The molecule has 0 aromatic carbocycles. The van der Waals surface area contributed by atoms with Crippen molar-refractivity contribution in [1.82, 2.24) is 4.72 Å². The summed E-state index contributed by atoms with van der Waals surface area (Å²) in [7, 11) is -4.24. The zero-order chi connectivity index (χ0) is 12.4. The van der Waals surface area contributed by atoms with Gasteiger partial charge in [-0.1, -0.05) is 52.4 Å². The topological polar surface area (TPSA) is 69.2 Å². The van der Waals surface area contributed by atoms with Gasteiger partial charge < -0.3 is 4.55 Å². The van der Waals surface area contributed by atoms with E-state index in [0.29, 0.717) is 0 Å². The third kappa shape index (κ3) is 13.9. The Balaban J connectivity index is 3.10. The molecule has 98 valence electrons. The van der Waals surface area contributed by atoms with Crippen LogP contribution in [0.15, 0.2) is 0 Å². The summed E-state index contributed by atoms with van der Waals surface area (Å²) in [6, 6.07) is 0. The fraction of sp³-hybridized carbons (Fsp3) is 1.00. The zero-order valence-corrected chi connectivity index (χ0v) is 11.2. The first-order valence-corrected chi connectivity index (χ1v) is 7.53. The maximum atomic E-state index is 10.2. The lowest BCUT2D eigenvalue weighted by molar-refractivity contribution is 0.446. The van der Waals surface area contributed by atoms with E-state index < -0.39 is 10.3 Å². The van der Waals surface area contributed by atoms with Gasteiger partial charge in [0.05, 0.1) is 0 Å². The van der Waals surface area contributed by atoms with Crippen molar-refractivity contribution in [3.05, 3.63) is 0 Å². The summed E-state index contributed by atoms with van der Waals surface area (Å²) >= 11 is 0. The Morgan fingerprint density at radius 2 is 1.50 bits per heavy atom. The van der Waals surface area contributed by atoms with Gasteiger partial charge in [-0.2, -0.15) is 0 Å². The van der Waals surface area contributed by atoms with Crippen molar-refractivity contribution < 1.29 is 13.0 Å². The lowest BCUT2D eigenvalue weighted by atomic mass is 10.0. The summed E-state index contributed by atoms with van der Waals surface area (Å²) in [5, 5.41) is 0. The monoisotopic (exact) mass is 250 g/mol. The van der Waals surface area contributed by atoms with Crippen LogP contribution < -0.4 is 4.72 Å². The Kier molecular flexibility index (Phi) is 8.89. The first kappa shape index (κ1) is 15.9. The van der Waals surface area contributed by atoms with E-state index in [1.807, 2.05) is 4.72 Å². The van der Waals surface area contributed by atoms with E-state index in [4.69, 9.17) is 0 Å². The van der Waals surface area contributed by atoms with Crippen LogP contribution in [0, 0.1) is 5.92 Å². The quantitative estimate of drug-likeness (QED) is 0.478. The van der Waals surface area contributed by atoms with Gasteiger partial charge in [-0.05, 0) is 12.3 Å². The predicted octanol–water partition coefficient (Wildman–Crippen LogP) is 2.42. The molecule has 0 bridgehead atoms. The molecular formula is C11H24NO3S-. The van der Waals surface area contributed by atoms with Gasteiger partial charge >= 0.3 is 0 Å². The minimum atomic E-state index is -4.24. The van der Waals surface area contributed by atoms with E-state index in [-0.39, 0.29) is 6.54 Å². The van der Waals surface area contributed by atoms with Crippen molar-refractivity contribution in [2.45, 2.75) is 58.8 Å². The van der Waals surface area contributed by atoms with Crippen LogP contribution >= 0.6 is 0 Å². The first-order chi connectivity index (χ1) is 7.42. The Labute approximate surface area is 99.7 Å². The first-order valence-electron chi connectivity index (χ1n) is 6.12. The van der Waals surface area contributed by atoms with E-state index in [0.717, 1.165) is 25.2 Å². The van der Waals surface area contributed by atoms with Gasteiger partial charge in [0.1, 0.15) is 0 Å². The van der Waals surface area contributed by atoms with E-state index in [2.05, 4.69) is 13.8 Å². The van der Waals surface area contributed by atoms with E-state index in [9.17, 15) is 13.0 Å². The molecule has 0 rings (SSSR count). The molecule has 0 unspecified atom stereocenters. The molecule has 5 heteroatoms. The highest BCUT2D eigenvalue weighted by Crippen LogP contribution is 2.10. The number of unbranched alkanes of at least 4 members (excludes halogenated alkanes) is 5. The molecule has 1 N–H and O–H groups in total. The highest BCUT2D eigenvalue weighted by atomic mass is 32.2. The fourth-order valence-electron chi connectivity index (χ4n) is 1.58. The Bertz CT molecular complexity index is 250. The standard InChI is InChI=1S/C11H25NO3S/c1-11(2)9-7-5-3-4-6-8-10-12-16(13,14)15/h11-12H,3-10H2,1-2H3,(H,13,14,15)/p-1. The van der Waals surface area contributed by atoms with Crippen molar-refractivity contribution in [3.8, 4) is 0 Å². The summed E-state index contributed by atoms with van der Waals surface area (Å²) in [5.41, 5.74) is 0. The summed E-state index contributed by atoms with van der Waals surface area (Å²) in [6.07, 6.45) is 7.90. The molecule has 0 amide bonds. The SMILES string of the molecule is CC(C)CCCCCCCCNS(=O)(=O)[O-]. The van der Waals surface area contributed by atoms with Crippen molar-refractivity contribution in [1.29, 1.82) is 0 Å². The van der Waals surface area contributed by atoms with Gasteiger partial charge in [-0.15, -0.1) is 0 Å². The maximum Gasteiger partial charge on any atom is 0.159 e. The lowest BCUT2D eigenvalue weighted by Gasteiger charge is -2.08. The van der Waals surface area contributed by atoms with Gasteiger partial charge in [-0.3, -0.25) is 0 Å². The van der Waals surface area contributed by atoms with Crippen molar-refractivity contribution in [2.24, 2.45) is 5.92 Å². The highest BCUT2D eigenvalue weighted by molar-refractivity contribution is 7.83. The van der Waals surface area contributed by atoms with Crippen LogP contribution in [0.2, 0.25) is 0 Å². The molecule has 0 aliphatic carbocycles. The molecule has 0 aliphatic heterocycles. The van der Waals surface area contributed by atoms with Crippen LogP contribution in [0.1, 0.15) is 58.8 Å². The third-order valence-corrected chi connectivity index (χ3v) is 3.04. The molecule has 0 heterocycles. The molecule has 0 spiro atoms. The summed E-state index contributed by atoms with van der Waals surface area (Å²) in [5.74, 6) is 0.784. The van der Waals surface area contributed by atoms with Crippen molar-refractivity contribution in [3.63, 3.8) is 0 Å². The minimum Gasteiger partial charge on any atom is -0.735 e. The molecule has 0 saturated carbocycles. The smallest absolute Gasteiger partial charge is 0.159 e. The van der Waals surface area contributed by atoms with Gasteiger partial charge in [0.2, 0.25) is 0 Å². The van der Waals surface area contributed by atoms with Crippen LogP contribution in [-0.2, 0) is 10.3 Å². The molecule has 4 nitrogen and oxygen atoms in total. The molecule has 16 heavy (non-hydrogen) atoms. The van der Waals surface area contributed by atoms with Gasteiger partial charge in [-0.25, -0.2) is 13.1 Å². The average molecular weight is 250 g/mol. The summed E-state index contributed by atoms with van der Waals surface area (Å²) in [4.78, 5) is 0. The van der Waals surface area contributed by atoms with Crippen molar-refractivity contribution >= 4 is 10.3 Å². The zero-order valence-electron chi connectivity index (χ0n) is 10.4. The third-order valence-electron chi connectivity index (χ3n) is 2.49. The van der Waals surface area contributed by atoms with Gasteiger partial charge in [0.25, 0.3) is 0 Å². The summed E-state index contributed by atoms with van der Waals surface area (Å²) in [6.45, 7) is 4.74. The molecule has 0 fully saturated rings. The molecule has 0 aromatic rings. The number of hydrogen-bond donors (Lipinski definition) is 1. The largest absolute Gasteiger partial charge is 0.735 e. The maximum absolute atomic E-state index is 10.2. The second-order valence-corrected chi connectivity index (χ2v) is 5.85. The van der Waals surface area contributed by atoms with E-state index in [1.165, 1.54) is 25.7 Å². The molecule has 0 radical (unpaired) electrons.